The molecule has 4 heterocycles. The van der Waals surface area contributed by atoms with E-state index in [0.717, 1.165) is 86.7 Å². The van der Waals surface area contributed by atoms with Gasteiger partial charge in [-0.05, 0) is 69.1 Å². The molecule has 2 fully saturated rings. The van der Waals surface area contributed by atoms with Gasteiger partial charge in [-0.3, -0.25) is 4.79 Å². The molecule has 0 atom stereocenters. The van der Waals surface area contributed by atoms with E-state index in [1.165, 1.54) is 31.3 Å². The Morgan fingerprint density at radius 1 is 0.970 bits per heavy atom. The van der Waals surface area contributed by atoms with Crippen molar-refractivity contribution >= 4 is 34.4 Å². The third kappa shape index (κ3) is 4.72. The number of amides is 1. The third-order valence-electron chi connectivity index (χ3n) is 7.02. The Morgan fingerprint density at radius 3 is 2.45 bits per heavy atom. The van der Waals surface area contributed by atoms with E-state index in [-0.39, 0.29) is 5.91 Å². The summed E-state index contributed by atoms with van der Waals surface area (Å²) in [6.07, 6.45) is 9.54. The highest BCUT2D eigenvalue weighted by Crippen LogP contribution is 2.29. The molecule has 174 valence electrons. The lowest BCUT2D eigenvalue weighted by Gasteiger charge is -2.31. The van der Waals surface area contributed by atoms with Crippen LogP contribution >= 0.6 is 0 Å². The van der Waals surface area contributed by atoms with E-state index in [4.69, 9.17) is 15.0 Å². The quantitative estimate of drug-likeness (QED) is 0.736. The number of carbonyl (C=O) groups is 1. The van der Waals surface area contributed by atoms with Gasteiger partial charge in [-0.2, -0.15) is 4.98 Å². The Hall–Kier alpha value is -2.96. The van der Waals surface area contributed by atoms with E-state index in [1.54, 1.807) is 0 Å². The fourth-order valence-corrected chi connectivity index (χ4v) is 5.08. The molecule has 5 rings (SSSR count). The van der Waals surface area contributed by atoms with Crippen molar-refractivity contribution in [2.24, 2.45) is 4.99 Å². The number of anilines is 1. The van der Waals surface area contributed by atoms with Gasteiger partial charge in [0.05, 0.1) is 5.52 Å². The molecule has 1 aromatic heterocycles. The SMILES string of the molecule is CCC1=C(C(=O)N2CCCCC2)NC(=Nc2nc(N3CCCCC3)nc3ccccc23)CC1. The molecule has 0 saturated carbocycles. The predicted molar refractivity (Wildman–Crippen MR) is 133 cm³/mol. The highest BCUT2D eigenvalue weighted by atomic mass is 16.2. The van der Waals surface area contributed by atoms with Crippen molar-refractivity contribution in [1.82, 2.24) is 20.2 Å². The average Bonchev–Trinajstić information content (AvgIpc) is 2.89. The van der Waals surface area contributed by atoms with Gasteiger partial charge in [0, 0.05) is 38.0 Å². The van der Waals surface area contributed by atoms with Crippen LogP contribution in [0.15, 0.2) is 40.5 Å². The summed E-state index contributed by atoms with van der Waals surface area (Å²) in [5.41, 5.74) is 2.85. The summed E-state index contributed by atoms with van der Waals surface area (Å²) >= 11 is 0. The first-order chi connectivity index (χ1) is 16.2. The smallest absolute Gasteiger partial charge is 0.270 e. The van der Waals surface area contributed by atoms with Crippen LogP contribution in [-0.4, -0.2) is 52.8 Å². The Morgan fingerprint density at radius 2 is 1.70 bits per heavy atom. The van der Waals surface area contributed by atoms with Gasteiger partial charge in [-0.25, -0.2) is 9.98 Å². The summed E-state index contributed by atoms with van der Waals surface area (Å²) in [7, 11) is 0. The highest BCUT2D eigenvalue weighted by Gasteiger charge is 2.27. The minimum Gasteiger partial charge on any atom is -0.341 e. The summed E-state index contributed by atoms with van der Waals surface area (Å²) < 4.78 is 0. The van der Waals surface area contributed by atoms with E-state index in [9.17, 15) is 4.79 Å². The maximum absolute atomic E-state index is 13.3. The zero-order chi connectivity index (χ0) is 22.6. The van der Waals surface area contributed by atoms with Crippen molar-refractivity contribution in [3.05, 3.63) is 35.5 Å². The molecule has 2 aromatic rings. The van der Waals surface area contributed by atoms with Crippen LogP contribution < -0.4 is 10.2 Å². The summed E-state index contributed by atoms with van der Waals surface area (Å²) in [6.45, 7) is 5.81. The second kappa shape index (κ2) is 9.89. The maximum Gasteiger partial charge on any atom is 0.270 e. The number of aromatic nitrogens is 2. The lowest BCUT2D eigenvalue weighted by atomic mass is 9.99. The lowest BCUT2D eigenvalue weighted by Crippen LogP contribution is -2.43. The molecular weight excluding hydrogens is 412 g/mol. The number of fused-ring (bicyclic) bond motifs is 1. The molecule has 33 heavy (non-hydrogen) atoms. The molecule has 0 aliphatic carbocycles. The van der Waals surface area contributed by atoms with Gasteiger partial charge in [-0.15, -0.1) is 0 Å². The maximum atomic E-state index is 13.3. The number of piperidine rings is 2. The first-order valence-corrected chi connectivity index (χ1v) is 12.6. The normalized spacial score (nSPS) is 20.9. The summed E-state index contributed by atoms with van der Waals surface area (Å²) in [6, 6.07) is 8.08. The van der Waals surface area contributed by atoms with E-state index >= 15 is 0 Å². The second-order valence-electron chi connectivity index (χ2n) is 9.28. The first-order valence-electron chi connectivity index (χ1n) is 12.6. The van der Waals surface area contributed by atoms with Crippen molar-refractivity contribution in [1.29, 1.82) is 0 Å². The monoisotopic (exact) mass is 446 g/mol. The van der Waals surface area contributed by atoms with Crippen molar-refractivity contribution in [3.8, 4) is 0 Å². The largest absolute Gasteiger partial charge is 0.341 e. The molecule has 3 aliphatic heterocycles. The average molecular weight is 447 g/mol. The molecule has 7 heteroatoms. The number of nitrogens with zero attached hydrogens (tertiary/aromatic N) is 5. The number of likely N-dealkylation sites (tertiary alicyclic amines) is 1. The summed E-state index contributed by atoms with van der Waals surface area (Å²) in [5, 5.41) is 4.37. The van der Waals surface area contributed by atoms with E-state index in [1.807, 2.05) is 29.2 Å². The van der Waals surface area contributed by atoms with Crippen LogP contribution in [0.1, 0.15) is 64.7 Å². The number of hydrogen-bond donors (Lipinski definition) is 1. The molecule has 0 unspecified atom stereocenters. The van der Waals surface area contributed by atoms with Crippen LogP contribution in [0.25, 0.3) is 10.9 Å². The van der Waals surface area contributed by atoms with Crippen LogP contribution in [0.3, 0.4) is 0 Å². The molecule has 0 spiro atoms. The Bertz CT molecular complexity index is 1080. The first kappa shape index (κ1) is 21.9. The van der Waals surface area contributed by atoms with E-state index in [0.29, 0.717) is 5.82 Å². The zero-order valence-electron chi connectivity index (χ0n) is 19.6. The lowest BCUT2D eigenvalue weighted by molar-refractivity contribution is -0.128. The number of allylic oxidation sites excluding steroid dienone is 1. The number of amidine groups is 1. The van der Waals surface area contributed by atoms with Crippen LogP contribution in [-0.2, 0) is 4.79 Å². The Kier molecular flexibility index (Phi) is 6.55. The number of carbonyl (C=O) groups excluding carboxylic acids is 1. The molecular formula is C26H34N6O. The Labute approximate surface area is 196 Å². The van der Waals surface area contributed by atoms with E-state index < -0.39 is 0 Å². The minimum absolute atomic E-state index is 0.125. The molecule has 1 amide bonds. The van der Waals surface area contributed by atoms with Crippen molar-refractivity contribution < 1.29 is 4.79 Å². The van der Waals surface area contributed by atoms with Crippen LogP contribution in [0.5, 0.6) is 0 Å². The van der Waals surface area contributed by atoms with Gasteiger partial charge in [0.1, 0.15) is 11.5 Å². The number of aliphatic imine (C=N–C) groups is 1. The number of hydrogen-bond acceptors (Lipinski definition) is 5. The molecule has 3 aliphatic rings. The van der Waals surface area contributed by atoms with Gasteiger partial charge in [-0.1, -0.05) is 19.1 Å². The topological polar surface area (TPSA) is 73.7 Å². The van der Waals surface area contributed by atoms with Gasteiger partial charge < -0.3 is 15.1 Å². The van der Waals surface area contributed by atoms with Gasteiger partial charge in [0.25, 0.3) is 5.91 Å². The number of rotatable bonds is 4. The molecule has 0 radical (unpaired) electrons. The molecule has 0 bridgehead atoms. The number of nitrogens with one attached hydrogen (secondary N) is 1. The molecule has 1 aromatic carbocycles. The Balaban J connectivity index is 1.47. The van der Waals surface area contributed by atoms with Crippen molar-refractivity contribution in [2.75, 3.05) is 31.1 Å². The van der Waals surface area contributed by atoms with Gasteiger partial charge in [0.15, 0.2) is 5.82 Å². The van der Waals surface area contributed by atoms with Gasteiger partial charge in [0.2, 0.25) is 5.95 Å². The summed E-state index contributed by atoms with van der Waals surface area (Å²) in [5.74, 6) is 2.40. The van der Waals surface area contributed by atoms with Crippen molar-refractivity contribution in [3.63, 3.8) is 0 Å². The van der Waals surface area contributed by atoms with Crippen LogP contribution in [0, 0.1) is 0 Å². The van der Waals surface area contributed by atoms with Gasteiger partial charge >= 0.3 is 0 Å². The number of benzene rings is 1. The second-order valence-corrected chi connectivity index (χ2v) is 9.28. The van der Waals surface area contributed by atoms with E-state index in [2.05, 4.69) is 17.1 Å². The van der Waals surface area contributed by atoms with Crippen molar-refractivity contribution in [2.45, 2.75) is 64.7 Å². The third-order valence-corrected chi connectivity index (χ3v) is 7.02. The van der Waals surface area contributed by atoms with Crippen LogP contribution in [0.2, 0.25) is 0 Å². The fourth-order valence-electron chi connectivity index (χ4n) is 5.08. The van der Waals surface area contributed by atoms with Crippen LogP contribution in [0.4, 0.5) is 11.8 Å². The number of para-hydroxylation sites is 1. The molecule has 1 N–H and O–H groups in total. The minimum atomic E-state index is 0.125. The highest BCUT2D eigenvalue weighted by molar-refractivity contribution is 6.02. The molecule has 2 saturated heterocycles. The standard InChI is InChI=1S/C26H34N6O/c1-2-19-13-14-22(28-23(19)25(33)31-15-7-3-8-16-31)29-24-20-11-5-6-12-21(20)27-26(30-24)32-17-9-4-10-18-32/h5-6,11-12H,2-4,7-10,13-18H2,1H3,(H,27,28,29,30). The predicted octanol–water partition coefficient (Wildman–Crippen LogP) is 4.71. The molecule has 7 nitrogen and oxygen atoms in total. The summed E-state index contributed by atoms with van der Waals surface area (Å²) in [4.78, 5) is 32.3. The fraction of sp³-hybridized carbons (Fsp3) is 0.538. The zero-order valence-corrected chi connectivity index (χ0v) is 19.6.